The van der Waals surface area contributed by atoms with Crippen LogP contribution in [-0.4, -0.2) is 54.3 Å². The minimum Gasteiger partial charge on any atom is -1.00 e. The number of fused-ring (bicyclic) bond motifs is 1. The van der Waals surface area contributed by atoms with E-state index in [0.717, 1.165) is 42.9 Å². The number of hydrogen-bond acceptors (Lipinski definition) is 8. The molecule has 2 aromatic carbocycles. The van der Waals surface area contributed by atoms with Gasteiger partial charge in [-0.3, -0.25) is 0 Å². The van der Waals surface area contributed by atoms with Gasteiger partial charge in [-0.15, -0.1) is 0 Å². The van der Waals surface area contributed by atoms with E-state index in [2.05, 4.69) is 0 Å². The molecule has 48 heavy (non-hydrogen) atoms. The zero-order valence-electron chi connectivity index (χ0n) is 24.3. The molecule has 0 fully saturated rings. The molecule has 16 heteroatoms. The smallest absolute Gasteiger partial charge is 0.335 e. The first-order chi connectivity index (χ1) is 22.0. The molecule has 12 nitrogen and oxygen atoms in total. The Morgan fingerprint density at radius 2 is 0.812 bits per heavy atom. The van der Waals surface area contributed by atoms with Gasteiger partial charge in [-0.05, 0) is 36.4 Å². The van der Waals surface area contributed by atoms with E-state index in [1.807, 2.05) is 58.2 Å². The predicted molar refractivity (Wildman–Crippen MR) is 165 cm³/mol. The van der Waals surface area contributed by atoms with E-state index in [4.69, 9.17) is 9.97 Å². The summed E-state index contributed by atoms with van der Waals surface area (Å²) in [6, 6.07) is 15.6. The third-order valence-corrected chi connectivity index (χ3v) is 9.08. The molecular formula is C32H22Cl2N4O8S2. The lowest BCUT2D eigenvalue weighted by Crippen LogP contribution is -3.00. The number of nitrogens with zero attached hydrogens (tertiary/aromatic N) is 4. The highest BCUT2D eigenvalue weighted by Crippen LogP contribution is 2.36. The van der Waals surface area contributed by atoms with Crippen molar-refractivity contribution in [1.29, 1.82) is 0 Å². The summed E-state index contributed by atoms with van der Waals surface area (Å²) >= 11 is 2.89. The van der Waals surface area contributed by atoms with Crippen molar-refractivity contribution < 1.29 is 73.6 Å². The molecule has 0 radical (unpaired) electrons. The highest BCUT2D eigenvalue weighted by atomic mass is 35.5. The zero-order chi connectivity index (χ0) is 32.5. The standard InChI is InChI=1S/C32H20N4O8S2.2ClH/c37-29(38)21-9-17(10-22(13-21)30(39)40)15-35-5-1-19(2-6-35)25-33-27-28(45-25)34-26(46-27)20-3-7-36(8-4-20)16-18-11-23(31(41)42)14-24(12-18)32(43)44;;/h1-14H,15-16H2,(H2-2,37,38,39,40,41,42,43,44);2*1H. The summed E-state index contributed by atoms with van der Waals surface area (Å²) in [6.45, 7) is 0.573. The average Bonchev–Trinajstić information content (AvgIpc) is 3.61. The number of carbonyl (C=O) groups is 4. The second-order valence-corrected chi connectivity index (χ2v) is 12.2. The van der Waals surface area contributed by atoms with Crippen LogP contribution in [0.4, 0.5) is 0 Å². The molecule has 0 aliphatic heterocycles. The number of hydrogen-bond donors (Lipinski definition) is 4. The van der Waals surface area contributed by atoms with Crippen LogP contribution in [0.2, 0.25) is 0 Å². The molecule has 0 saturated carbocycles. The summed E-state index contributed by atoms with van der Waals surface area (Å²) in [5.41, 5.74) is 2.49. The van der Waals surface area contributed by atoms with Gasteiger partial charge in [0.15, 0.2) is 47.5 Å². The van der Waals surface area contributed by atoms with Crippen molar-refractivity contribution in [2.75, 3.05) is 0 Å². The highest BCUT2D eigenvalue weighted by molar-refractivity contribution is 7.29. The van der Waals surface area contributed by atoms with Gasteiger partial charge in [-0.2, -0.15) is 0 Å². The molecule has 6 rings (SSSR count). The molecular weight excluding hydrogens is 703 g/mol. The monoisotopic (exact) mass is 724 g/mol. The molecule has 4 heterocycles. The van der Waals surface area contributed by atoms with Crippen molar-refractivity contribution in [3.8, 4) is 21.1 Å². The topological polar surface area (TPSA) is 183 Å². The van der Waals surface area contributed by atoms with Crippen molar-refractivity contribution in [3.05, 3.63) is 119 Å². The number of benzene rings is 2. The van der Waals surface area contributed by atoms with E-state index in [0.29, 0.717) is 11.1 Å². The first kappa shape index (κ1) is 35.6. The fraction of sp³-hybridized carbons (Fsp3) is 0.0625. The Morgan fingerprint density at radius 1 is 0.521 bits per heavy atom. The van der Waals surface area contributed by atoms with E-state index in [-0.39, 0.29) is 60.2 Å². The Balaban J connectivity index is 0.00000260. The van der Waals surface area contributed by atoms with Gasteiger partial charge in [0.1, 0.15) is 10.0 Å². The molecule has 0 unspecified atom stereocenters. The lowest BCUT2D eigenvalue weighted by atomic mass is 10.1. The quantitative estimate of drug-likeness (QED) is 0.122. The summed E-state index contributed by atoms with van der Waals surface area (Å²) in [4.78, 5) is 56.8. The Kier molecular flexibility index (Phi) is 10.9. The Morgan fingerprint density at radius 3 is 1.08 bits per heavy atom. The molecule has 4 N–H and O–H groups in total. The number of aromatic nitrogens is 4. The van der Waals surface area contributed by atoms with Gasteiger partial charge in [0.05, 0.1) is 22.3 Å². The van der Waals surface area contributed by atoms with E-state index in [9.17, 15) is 39.6 Å². The summed E-state index contributed by atoms with van der Waals surface area (Å²) < 4.78 is 3.63. The van der Waals surface area contributed by atoms with Crippen LogP contribution in [0.3, 0.4) is 0 Å². The van der Waals surface area contributed by atoms with Gasteiger partial charge in [-0.25, -0.2) is 38.3 Å². The van der Waals surface area contributed by atoms with Crippen LogP contribution >= 0.6 is 22.7 Å². The van der Waals surface area contributed by atoms with E-state index in [1.165, 1.54) is 46.9 Å². The van der Waals surface area contributed by atoms with Crippen molar-refractivity contribution in [1.82, 2.24) is 9.97 Å². The second kappa shape index (κ2) is 14.6. The van der Waals surface area contributed by atoms with Crippen molar-refractivity contribution in [3.63, 3.8) is 0 Å². The lowest BCUT2D eigenvalue weighted by Gasteiger charge is -2.04. The minimum absolute atomic E-state index is 0. The minimum atomic E-state index is -1.19. The average molecular weight is 726 g/mol. The van der Waals surface area contributed by atoms with Crippen LogP contribution in [0.25, 0.3) is 30.8 Å². The van der Waals surface area contributed by atoms with Gasteiger partial charge in [-0.1, -0.05) is 22.7 Å². The van der Waals surface area contributed by atoms with E-state index >= 15 is 0 Å². The third kappa shape index (κ3) is 7.81. The molecule has 0 aliphatic carbocycles. The van der Waals surface area contributed by atoms with Crippen LogP contribution in [0, 0.1) is 0 Å². The molecule has 0 amide bonds. The van der Waals surface area contributed by atoms with Crippen LogP contribution < -0.4 is 33.9 Å². The molecule has 0 spiro atoms. The molecule has 0 aliphatic rings. The normalized spacial score (nSPS) is 10.6. The van der Waals surface area contributed by atoms with Gasteiger partial charge >= 0.3 is 23.9 Å². The highest BCUT2D eigenvalue weighted by Gasteiger charge is 2.18. The maximum absolute atomic E-state index is 11.4. The number of carboxylic acids is 4. The zero-order valence-corrected chi connectivity index (χ0v) is 27.4. The molecule has 6 aromatic rings. The second-order valence-electron chi connectivity index (χ2n) is 10.2. The van der Waals surface area contributed by atoms with Gasteiger partial charge < -0.3 is 45.2 Å². The molecule has 244 valence electrons. The van der Waals surface area contributed by atoms with E-state index in [1.54, 1.807) is 0 Å². The third-order valence-electron chi connectivity index (χ3n) is 6.96. The van der Waals surface area contributed by atoms with Gasteiger partial charge in [0.25, 0.3) is 0 Å². The van der Waals surface area contributed by atoms with Crippen molar-refractivity contribution in [2.45, 2.75) is 13.1 Å². The number of thiazole rings is 2. The number of halogens is 2. The summed E-state index contributed by atoms with van der Waals surface area (Å²) in [6.07, 6.45) is 7.27. The Bertz CT molecular complexity index is 1940. The van der Waals surface area contributed by atoms with Gasteiger partial charge in [0.2, 0.25) is 0 Å². The van der Waals surface area contributed by atoms with E-state index < -0.39 is 23.9 Å². The summed E-state index contributed by atoms with van der Waals surface area (Å²) in [5.74, 6) is -4.78. The van der Waals surface area contributed by atoms with Crippen LogP contribution in [0.15, 0.2) is 85.5 Å². The number of pyridine rings is 2. The molecule has 0 atom stereocenters. The maximum Gasteiger partial charge on any atom is 0.335 e. The summed E-state index contributed by atoms with van der Waals surface area (Å²) in [7, 11) is 0. The SMILES string of the molecule is O=C(O)c1cc(C[n+]2ccc(-c3nc4sc(-c5cc[n+](Cc6cc(C(=O)O)cc(C(=O)O)c6)cc5)nc4s3)cc2)cc(C(=O)O)c1.[Cl-].[Cl-]. The largest absolute Gasteiger partial charge is 1.00 e. The Hall–Kier alpha value is -5.28. The van der Waals surface area contributed by atoms with Crippen LogP contribution in [0.1, 0.15) is 52.6 Å². The van der Waals surface area contributed by atoms with Crippen LogP contribution in [0.5, 0.6) is 0 Å². The van der Waals surface area contributed by atoms with Crippen LogP contribution in [-0.2, 0) is 13.1 Å². The fourth-order valence-corrected chi connectivity index (χ4v) is 6.83. The number of aromatic carboxylic acids is 4. The van der Waals surface area contributed by atoms with Crippen molar-refractivity contribution >= 4 is 56.2 Å². The first-order valence-electron chi connectivity index (χ1n) is 13.5. The molecule has 0 bridgehead atoms. The molecule has 0 saturated heterocycles. The lowest BCUT2D eigenvalue weighted by molar-refractivity contribution is -0.688. The predicted octanol–water partition coefficient (Wildman–Crippen LogP) is -1.44. The maximum atomic E-state index is 11.4. The first-order valence-corrected chi connectivity index (χ1v) is 15.1. The number of carboxylic acid groups (broad SMARTS) is 4. The number of rotatable bonds is 10. The van der Waals surface area contributed by atoms with Crippen molar-refractivity contribution in [2.24, 2.45) is 0 Å². The fourth-order valence-electron chi connectivity index (χ4n) is 4.78. The summed E-state index contributed by atoms with van der Waals surface area (Å²) in [5, 5.41) is 38.9. The molecule has 4 aromatic heterocycles. The van der Waals surface area contributed by atoms with Gasteiger partial charge in [0, 0.05) is 46.5 Å². The Labute approximate surface area is 291 Å².